The van der Waals surface area contributed by atoms with Crippen molar-refractivity contribution in [3.8, 4) is 22.3 Å². The second kappa shape index (κ2) is 9.83. The van der Waals surface area contributed by atoms with Gasteiger partial charge in [0.25, 0.3) is 0 Å². The molecule has 4 aliphatic rings. The Labute approximate surface area is 279 Å². The molecule has 0 saturated carbocycles. The Hall–Kier alpha value is -4.85. The third-order valence-electron chi connectivity index (χ3n) is 11.4. The van der Waals surface area contributed by atoms with Crippen molar-refractivity contribution in [2.75, 3.05) is 0 Å². The fourth-order valence-corrected chi connectivity index (χ4v) is 10.1. The second-order valence-electron chi connectivity index (χ2n) is 13.8. The van der Waals surface area contributed by atoms with E-state index < -0.39 is 0 Å². The van der Waals surface area contributed by atoms with Crippen LogP contribution in [0.2, 0.25) is 0 Å². The van der Waals surface area contributed by atoms with Crippen LogP contribution in [-0.4, -0.2) is 0 Å². The van der Waals surface area contributed by atoms with Crippen molar-refractivity contribution in [2.24, 2.45) is 0 Å². The molecule has 7 aromatic rings. The molecule has 0 unspecified atom stereocenters. The van der Waals surface area contributed by atoms with E-state index in [0.29, 0.717) is 5.92 Å². The molecular formula is C46H32S. The minimum Gasteiger partial charge on any atom is -0.0935 e. The topological polar surface area (TPSA) is 0 Å². The van der Waals surface area contributed by atoms with Crippen molar-refractivity contribution in [2.45, 2.75) is 42.9 Å². The molecule has 0 fully saturated rings. The smallest absolute Gasteiger partial charge is 0.0199 e. The first kappa shape index (κ1) is 26.2. The first-order valence-electron chi connectivity index (χ1n) is 17.1. The molecule has 1 aliphatic heterocycles. The maximum absolute atomic E-state index is 2.51. The highest BCUT2D eigenvalue weighted by atomic mass is 32.2. The molecule has 0 nitrogen and oxygen atoms in total. The first-order chi connectivity index (χ1) is 23.3. The summed E-state index contributed by atoms with van der Waals surface area (Å²) in [5, 5.41) is 7.94. The SMILES string of the molecule is C1=C(c2ccc(-c3c4ccccc4c(-c4ccc5c(c4)CC5)c4ccccc34)c3ccccc23)C=C2Sc3cc4c(cc3[C@H]2C1)CC4. The van der Waals surface area contributed by atoms with E-state index in [4.69, 9.17) is 0 Å². The monoisotopic (exact) mass is 616 g/mol. The van der Waals surface area contributed by atoms with E-state index in [1.807, 2.05) is 11.8 Å². The summed E-state index contributed by atoms with van der Waals surface area (Å²) in [7, 11) is 0. The van der Waals surface area contributed by atoms with Crippen molar-refractivity contribution >= 4 is 49.7 Å². The van der Waals surface area contributed by atoms with E-state index >= 15 is 0 Å². The molecule has 0 saturated heterocycles. The largest absolute Gasteiger partial charge is 0.0935 e. The Kier molecular flexibility index (Phi) is 5.49. The zero-order chi connectivity index (χ0) is 30.6. The molecule has 0 radical (unpaired) electrons. The molecule has 11 rings (SSSR count). The van der Waals surface area contributed by atoms with Crippen LogP contribution in [0.1, 0.15) is 45.7 Å². The summed E-state index contributed by atoms with van der Waals surface area (Å²) >= 11 is 2.01. The Morgan fingerprint density at radius 3 is 1.72 bits per heavy atom. The molecule has 1 atom stereocenters. The molecule has 0 spiro atoms. The highest BCUT2D eigenvalue weighted by Crippen LogP contribution is 2.55. The summed E-state index contributed by atoms with van der Waals surface area (Å²) in [5.41, 5.74) is 15.7. The highest BCUT2D eigenvalue weighted by molar-refractivity contribution is 8.03. The van der Waals surface area contributed by atoms with E-state index in [9.17, 15) is 0 Å². The van der Waals surface area contributed by atoms with E-state index in [1.165, 1.54) is 112 Å². The molecule has 7 aromatic carbocycles. The number of allylic oxidation sites excluding steroid dienone is 4. The number of hydrogen-bond acceptors (Lipinski definition) is 1. The van der Waals surface area contributed by atoms with Gasteiger partial charge in [-0.05, 0) is 143 Å². The van der Waals surface area contributed by atoms with Gasteiger partial charge in [-0.1, -0.05) is 127 Å². The van der Waals surface area contributed by atoms with E-state index in [0.717, 1.165) is 6.42 Å². The maximum atomic E-state index is 2.51. The lowest BCUT2D eigenvalue weighted by Gasteiger charge is -2.23. The van der Waals surface area contributed by atoms with Gasteiger partial charge in [-0.2, -0.15) is 0 Å². The fraction of sp³-hybridized carbons (Fsp3) is 0.130. The quantitative estimate of drug-likeness (QED) is 0.178. The van der Waals surface area contributed by atoms with Crippen LogP contribution in [0.4, 0.5) is 0 Å². The van der Waals surface area contributed by atoms with Gasteiger partial charge >= 0.3 is 0 Å². The van der Waals surface area contributed by atoms with Gasteiger partial charge in [-0.15, -0.1) is 0 Å². The Balaban J connectivity index is 1.10. The highest BCUT2D eigenvalue weighted by Gasteiger charge is 2.32. The van der Waals surface area contributed by atoms with Gasteiger partial charge < -0.3 is 0 Å². The number of thioether (sulfide) groups is 1. The summed E-state index contributed by atoms with van der Waals surface area (Å²) in [6.45, 7) is 0. The van der Waals surface area contributed by atoms with Gasteiger partial charge in [0.1, 0.15) is 0 Å². The molecule has 0 amide bonds. The lowest BCUT2D eigenvalue weighted by Crippen LogP contribution is -2.09. The molecule has 0 bridgehead atoms. The molecule has 0 N–H and O–H groups in total. The van der Waals surface area contributed by atoms with Gasteiger partial charge in [-0.25, -0.2) is 0 Å². The van der Waals surface area contributed by atoms with E-state index in [2.05, 4.69) is 127 Å². The Morgan fingerprint density at radius 2 is 1.06 bits per heavy atom. The first-order valence-corrected chi connectivity index (χ1v) is 17.9. The molecule has 0 aromatic heterocycles. The van der Waals surface area contributed by atoms with Crippen LogP contribution in [-0.2, 0) is 25.7 Å². The van der Waals surface area contributed by atoms with Crippen LogP contribution in [0, 0.1) is 0 Å². The summed E-state index contributed by atoms with van der Waals surface area (Å²) in [6, 6.07) is 44.2. The third-order valence-corrected chi connectivity index (χ3v) is 12.6. The molecule has 3 aliphatic carbocycles. The zero-order valence-electron chi connectivity index (χ0n) is 26.1. The summed E-state index contributed by atoms with van der Waals surface area (Å²) in [6.07, 6.45) is 11.0. The zero-order valence-corrected chi connectivity index (χ0v) is 27.0. The lowest BCUT2D eigenvalue weighted by atomic mass is 9.80. The predicted molar refractivity (Wildman–Crippen MR) is 200 cm³/mol. The second-order valence-corrected chi connectivity index (χ2v) is 14.9. The molecule has 1 heterocycles. The summed E-state index contributed by atoms with van der Waals surface area (Å²) in [4.78, 5) is 3.00. The van der Waals surface area contributed by atoms with E-state index in [-0.39, 0.29) is 0 Å². The average Bonchev–Trinajstić information content (AvgIpc) is 3.45. The average molecular weight is 617 g/mol. The van der Waals surface area contributed by atoms with Gasteiger partial charge in [0.15, 0.2) is 0 Å². The Morgan fingerprint density at radius 1 is 0.489 bits per heavy atom. The van der Waals surface area contributed by atoms with Gasteiger partial charge in [0.2, 0.25) is 0 Å². The standard InChI is InChI=1S/C46H32S/c1-2-8-35-34(7-1)33(31-19-20-36-42-24-29-16-17-30(29)25-44(42)47-43(36)26-31)21-22-41(35)46-39-11-5-3-9-37(39)45(38-10-4-6-12-40(38)46)32-18-14-27-13-15-28(27)23-32/h1-12,14,18-19,21-26,36H,13,15-17,20H2/t36-/m1/s1. The normalized spacial score (nSPS) is 17.3. The minimum absolute atomic E-state index is 0.521. The van der Waals surface area contributed by atoms with Crippen LogP contribution in [0.5, 0.6) is 0 Å². The summed E-state index contributed by atoms with van der Waals surface area (Å²) < 4.78 is 0. The van der Waals surface area contributed by atoms with Crippen molar-refractivity contribution in [1.82, 2.24) is 0 Å². The fourth-order valence-electron chi connectivity index (χ4n) is 8.82. The van der Waals surface area contributed by atoms with Gasteiger partial charge in [0.05, 0.1) is 0 Å². The van der Waals surface area contributed by atoms with Crippen LogP contribution >= 0.6 is 11.8 Å². The minimum atomic E-state index is 0.521. The number of benzene rings is 7. The van der Waals surface area contributed by atoms with Crippen molar-refractivity contribution in [1.29, 1.82) is 0 Å². The van der Waals surface area contributed by atoms with Crippen LogP contribution in [0.3, 0.4) is 0 Å². The van der Waals surface area contributed by atoms with Gasteiger partial charge in [-0.3, -0.25) is 0 Å². The van der Waals surface area contributed by atoms with Crippen LogP contribution in [0.25, 0.3) is 60.1 Å². The number of aryl methyl sites for hydroxylation is 4. The van der Waals surface area contributed by atoms with Crippen LogP contribution in [0.15, 0.2) is 137 Å². The maximum Gasteiger partial charge on any atom is 0.0199 e. The van der Waals surface area contributed by atoms with Gasteiger partial charge in [0, 0.05) is 10.8 Å². The molecule has 47 heavy (non-hydrogen) atoms. The summed E-state index contributed by atoms with van der Waals surface area (Å²) in [5.74, 6) is 0.521. The van der Waals surface area contributed by atoms with Crippen molar-refractivity contribution < 1.29 is 0 Å². The van der Waals surface area contributed by atoms with Crippen molar-refractivity contribution in [3.05, 3.63) is 166 Å². The van der Waals surface area contributed by atoms with Crippen LogP contribution < -0.4 is 0 Å². The molecular weight excluding hydrogens is 585 g/mol. The molecule has 222 valence electrons. The van der Waals surface area contributed by atoms with E-state index in [1.54, 1.807) is 16.7 Å². The lowest BCUT2D eigenvalue weighted by molar-refractivity contribution is 0.793. The Bertz CT molecular complexity index is 2520. The number of hydrogen-bond donors (Lipinski definition) is 0. The predicted octanol–water partition coefficient (Wildman–Crippen LogP) is 12.2. The molecule has 1 heteroatoms. The third kappa shape index (κ3) is 3.78. The number of fused-ring (bicyclic) bond motifs is 8. The number of rotatable bonds is 3. The van der Waals surface area contributed by atoms with Crippen molar-refractivity contribution in [3.63, 3.8) is 0 Å².